The van der Waals surface area contributed by atoms with Gasteiger partial charge in [0.2, 0.25) is 0 Å². The molecule has 6 rings (SSSR count). The van der Waals surface area contributed by atoms with Gasteiger partial charge in [0.25, 0.3) is 0 Å². The van der Waals surface area contributed by atoms with Gasteiger partial charge in [0.1, 0.15) is 16.8 Å². The molecule has 0 radical (unpaired) electrons. The van der Waals surface area contributed by atoms with Gasteiger partial charge in [-0.2, -0.15) is 0 Å². The number of thiol groups is 3. The van der Waals surface area contributed by atoms with Gasteiger partial charge in [0, 0.05) is 31.4 Å². The van der Waals surface area contributed by atoms with E-state index in [4.69, 9.17) is 51.5 Å². The van der Waals surface area contributed by atoms with Crippen LogP contribution in [0.5, 0.6) is 0 Å². The van der Waals surface area contributed by atoms with Crippen LogP contribution in [0.1, 0.15) is 361 Å². The van der Waals surface area contributed by atoms with Crippen molar-refractivity contribution in [2.45, 2.75) is 366 Å². The fraction of sp³-hybridized carbons (Fsp3) is 0.600. The number of hydrogen-bond donors (Lipinski definition) is 3. The number of unbranched alkanes of at least 4 members (excludes halogenated alkanes) is 12. The molecule has 0 amide bonds. The molecule has 6 aromatic carbocycles. The van der Waals surface area contributed by atoms with Gasteiger partial charge in [-0.1, -0.05) is 312 Å². The first kappa shape index (κ1) is 83.4. The standard InChI is InChI=1S/C90H135O4PS3/c1-28-31-34-37-40-49-88(67-46-43-61(4)52-70(67)82(10,11)12,79-73(85(19,20)21)55-64(7)58-76(79)96)92-95(91,93-89(50-41-38-35-32-29-2,68-47-44-62(5)53-71(68)83(13,14)15)80-74(86(22,23)24)56-65(8)59-77(80)97)94-90(51-42-39-36-33-30-3,69-48-45-63(6)54-72(69)84(16,17)18)81-75(87(25,26)27)57-66(9)60-78(81)98/h43-48,52-60,96-98H,28-42,49-51H2,1-27H3. The molecule has 0 saturated carbocycles. The van der Waals surface area contributed by atoms with E-state index in [1.165, 1.54) is 0 Å². The summed E-state index contributed by atoms with van der Waals surface area (Å²) in [7, 11) is -5.43. The van der Waals surface area contributed by atoms with Crippen LogP contribution < -0.4 is 0 Å². The van der Waals surface area contributed by atoms with Crippen molar-refractivity contribution >= 4 is 45.7 Å². The summed E-state index contributed by atoms with van der Waals surface area (Å²) in [5.41, 5.74) is 11.4. The van der Waals surface area contributed by atoms with Crippen molar-refractivity contribution in [3.63, 3.8) is 0 Å². The zero-order chi connectivity index (χ0) is 73.6. The topological polar surface area (TPSA) is 44.8 Å². The summed E-state index contributed by atoms with van der Waals surface area (Å²) < 4.78 is 47.5. The molecule has 0 aliphatic rings. The third-order valence-corrected chi connectivity index (χ3v) is 23.0. The van der Waals surface area contributed by atoms with Gasteiger partial charge in [0.05, 0.1) is 0 Å². The van der Waals surface area contributed by atoms with Crippen LogP contribution in [0.2, 0.25) is 0 Å². The van der Waals surface area contributed by atoms with Gasteiger partial charge in [0.15, 0.2) is 0 Å². The number of phosphoric ester groups is 1. The predicted molar refractivity (Wildman–Crippen MR) is 434 cm³/mol. The summed E-state index contributed by atoms with van der Waals surface area (Å²) in [4.78, 5) is 2.33. The maximum Gasteiger partial charge on any atom is 0.478 e. The maximum absolute atomic E-state index is 20.5. The number of hydrogen-bond acceptors (Lipinski definition) is 7. The van der Waals surface area contributed by atoms with E-state index in [0.717, 1.165) is 211 Å². The fourth-order valence-electron chi connectivity index (χ4n) is 15.4. The Morgan fingerprint density at radius 2 is 0.480 bits per heavy atom. The molecule has 0 fully saturated rings. The van der Waals surface area contributed by atoms with Crippen molar-refractivity contribution in [1.82, 2.24) is 0 Å². The van der Waals surface area contributed by atoms with Crippen LogP contribution in [-0.4, -0.2) is 0 Å². The number of phosphoric acid groups is 1. The van der Waals surface area contributed by atoms with Crippen molar-refractivity contribution in [3.8, 4) is 0 Å². The molecule has 3 unspecified atom stereocenters. The monoisotopic (exact) mass is 1410 g/mol. The van der Waals surface area contributed by atoms with Gasteiger partial charge >= 0.3 is 7.82 Å². The number of benzene rings is 6. The molecule has 3 atom stereocenters. The molecule has 0 aromatic heterocycles. The molecule has 4 nitrogen and oxygen atoms in total. The van der Waals surface area contributed by atoms with Crippen molar-refractivity contribution in [2.24, 2.45) is 0 Å². The lowest BCUT2D eigenvalue weighted by molar-refractivity contribution is -0.0552. The molecule has 0 saturated heterocycles. The summed E-state index contributed by atoms with van der Waals surface area (Å²) in [6, 6.07) is 34.3. The minimum absolute atomic E-state index is 0.431. The lowest BCUT2D eigenvalue weighted by Crippen LogP contribution is -2.43. The molecule has 0 spiro atoms. The van der Waals surface area contributed by atoms with E-state index in [1.807, 2.05) is 0 Å². The quantitative estimate of drug-likeness (QED) is 0.0239. The van der Waals surface area contributed by atoms with Crippen molar-refractivity contribution in [2.75, 3.05) is 0 Å². The Morgan fingerprint density at radius 3 is 0.684 bits per heavy atom. The molecule has 8 heteroatoms. The van der Waals surface area contributed by atoms with E-state index in [-0.39, 0.29) is 0 Å². The second-order valence-corrected chi connectivity index (χ2v) is 38.8. The van der Waals surface area contributed by atoms with Crippen molar-refractivity contribution in [1.29, 1.82) is 0 Å². The minimum Gasteiger partial charge on any atom is -0.270 e. The smallest absolute Gasteiger partial charge is 0.270 e. The lowest BCUT2D eigenvalue weighted by atomic mass is 9.69. The van der Waals surface area contributed by atoms with Crippen LogP contribution in [0.3, 0.4) is 0 Å². The first-order chi connectivity index (χ1) is 45.3. The van der Waals surface area contributed by atoms with Crippen LogP contribution >= 0.6 is 45.7 Å². The van der Waals surface area contributed by atoms with Crippen LogP contribution in [0.4, 0.5) is 0 Å². The summed E-state index contributed by atoms with van der Waals surface area (Å²) in [6.45, 7) is 61.5. The zero-order valence-electron chi connectivity index (χ0n) is 66.8. The van der Waals surface area contributed by atoms with Gasteiger partial charge < -0.3 is 0 Å². The Morgan fingerprint density at radius 1 is 0.276 bits per heavy atom. The second kappa shape index (κ2) is 33.1. The molecule has 0 heterocycles. The average Bonchev–Trinajstić information content (AvgIpc) is 0.710. The van der Waals surface area contributed by atoms with Crippen LogP contribution in [0.25, 0.3) is 0 Å². The summed E-state index contributed by atoms with van der Waals surface area (Å²) in [6.07, 6.45) is 16.1. The Balaban J connectivity index is 2.15. The van der Waals surface area contributed by atoms with Crippen LogP contribution in [0, 0.1) is 41.5 Å². The highest BCUT2D eigenvalue weighted by Gasteiger charge is 2.59. The molecule has 6 aromatic rings. The van der Waals surface area contributed by atoms with Gasteiger partial charge in [-0.05, 0) is 198 Å². The molecule has 98 heavy (non-hydrogen) atoms. The predicted octanol–water partition coefficient (Wildman–Crippen LogP) is 28.6. The highest BCUT2D eigenvalue weighted by atomic mass is 32.1. The summed E-state index contributed by atoms with van der Waals surface area (Å²) >= 11 is 17.4. The first-order valence-corrected chi connectivity index (χ1v) is 40.7. The molecule has 542 valence electrons. The molecule has 0 N–H and O–H groups in total. The van der Waals surface area contributed by atoms with E-state index in [9.17, 15) is 0 Å². The Kier molecular flexibility index (Phi) is 28.2. The highest BCUT2D eigenvalue weighted by Crippen LogP contribution is 2.70. The third kappa shape index (κ3) is 19.8. The van der Waals surface area contributed by atoms with Gasteiger partial charge in [-0.25, -0.2) is 4.57 Å². The van der Waals surface area contributed by atoms with E-state index in [0.29, 0.717) is 19.3 Å². The Labute approximate surface area is 617 Å². The molecule has 0 aliphatic carbocycles. The van der Waals surface area contributed by atoms with Crippen molar-refractivity contribution < 1.29 is 18.1 Å². The number of aryl methyl sites for hydroxylation is 6. The van der Waals surface area contributed by atoms with E-state index in [1.54, 1.807) is 0 Å². The average molecular weight is 1410 g/mol. The third-order valence-electron chi connectivity index (χ3n) is 20.4. The molecule has 0 aliphatic heterocycles. The fourth-order valence-corrected chi connectivity index (χ4v) is 19.0. The summed E-state index contributed by atoms with van der Waals surface area (Å²) in [5.74, 6) is 0. The lowest BCUT2D eigenvalue weighted by Gasteiger charge is -2.49. The normalized spacial score (nSPS) is 15.4. The molecular weight excluding hydrogens is 1270 g/mol. The Hall–Kier alpha value is -3.52. The second-order valence-electron chi connectivity index (χ2n) is 36.0. The van der Waals surface area contributed by atoms with E-state index < -0.39 is 57.1 Å². The summed E-state index contributed by atoms with van der Waals surface area (Å²) in [5, 5.41) is 0. The van der Waals surface area contributed by atoms with Gasteiger partial charge in [-0.15, -0.1) is 37.9 Å². The highest BCUT2D eigenvalue weighted by molar-refractivity contribution is 7.80. The Bertz CT molecular complexity index is 3330. The molecule has 0 bridgehead atoms. The number of rotatable bonds is 30. The van der Waals surface area contributed by atoms with Gasteiger partial charge in [-0.3, -0.25) is 13.6 Å². The minimum atomic E-state index is -5.43. The molecular formula is C90H135O4PS3. The maximum atomic E-state index is 20.5. The van der Waals surface area contributed by atoms with Crippen LogP contribution in [0.15, 0.2) is 106 Å². The SMILES string of the molecule is CCCCCCCC(OP(=O)(OC(CCCCCCC)(c1ccc(C)cc1C(C)(C)C)c1c(S)cc(C)cc1C(C)(C)C)OC(CCCCCCC)(c1ccc(C)cc1C(C)(C)C)c1c(S)cc(C)cc1C(C)(C)C)(c1ccc(C)cc1C(C)(C)C)c1c(S)cc(C)cc1C(C)(C)C. The largest absolute Gasteiger partial charge is 0.478 e. The van der Waals surface area contributed by atoms with Crippen molar-refractivity contribution in [3.05, 3.63) is 191 Å². The zero-order valence-corrected chi connectivity index (χ0v) is 70.4. The van der Waals surface area contributed by atoms with E-state index in [2.05, 4.69) is 278 Å². The van der Waals surface area contributed by atoms with E-state index >= 15 is 4.57 Å². The van der Waals surface area contributed by atoms with Crippen LogP contribution in [-0.2, 0) is 67.4 Å². The first-order valence-electron chi connectivity index (χ1n) is 37.9.